The summed E-state index contributed by atoms with van der Waals surface area (Å²) in [5, 5.41) is 2.37. The molecule has 3 aromatic carbocycles. The van der Waals surface area contributed by atoms with Crippen LogP contribution in [0.15, 0.2) is 66.7 Å². The number of Topliss-reactive ketones (excluding diaryl/α,β-unsaturated/α-hetero) is 1. The quantitative estimate of drug-likeness (QED) is 0.193. The molecule has 9 nitrogen and oxygen atoms in total. The maximum absolute atomic E-state index is 14.0. The lowest BCUT2D eigenvalue weighted by molar-refractivity contribution is -0.147. The monoisotopic (exact) mass is 601 g/mol. The van der Waals surface area contributed by atoms with Crippen LogP contribution in [0.5, 0.6) is 5.75 Å². The number of anilines is 1. The number of hydrogen-bond acceptors (Lipinski definition) is 7. The maximum Gasteiger partial charge on any atom is 0.308 e. The molecular weight excluding hydrogens is 574 g/mol. The van der Waals surface area contributed by atoms with Gasteiger partial charge in [0.25, 0.3) is 0 Å². The van der Waals surface area contributed by atoms with Gasteiger partial charge in [0, 0.05) is 24.8 Å². The summed E-state index contributed by atoms with van der Waals surface area (Å²) in [4.78, 5) is 54.2. The van der Waals surface area contributed by atoms with Gasteiger partial charge in [0.2, 0.25) is 23.4 Å². The summed E-state index contributed by atoms with van der Waals surface area (Å²) in [5.74, 6) is -11.5. The normalized spacial score (nSPS) is 14.2. The van der Waals surface area contributed by atoms with E-state index < -0.39 is 65.7 Å². The van der Waals surface area contributed by atoms with Crippen LogP contribution < -0.4 is 15.0 Å². The molecule has 4 rings (SSSR count). The van der Waals surface area contributed by atoms with Gasteiger partial charge in [-0.15, -0.1) is 0 Å². The van der Waals surface area contributed by atoms with E-state index in [4.69, 9.17) is 9.47 Å². The highest BCUT2D eigenvalue weighted by atomic mass is 19.2. The molecule has 13 heteroatoms. The highest BCUT2D eigenvalue weighted by Gasteiger charge is 2.30. The number of rotatable bonds is 12. The lowest BCUT2D eigenvalue weighted by atomic mass is 10.1. The van der Waals surface area contributed by atoms with E-state index in [9.17, 15) is 36.7 Å². The number of nitrogens with one attached hydrogen (secondary N) is 1. The lowest BCUT2D eigenvalue weighted by Gasteiger charge is -2.34. The van der Waals surface area contributed by atoms with Gasteiger partial charge in [-0.3, -0.25) is 24.1 Å². The number of hydrogen-bond donors (Lipinski definition) is 1. The Balaban J connectivity index is 1.39. The van der Waals surface area contributed by atoms with Gasteiger partial charge in [-0.05, 0) is 17.7 Å². The zero-order chi connectivity index (χ0) is 30.9. The Bertz CT molecular complexity index is 1450. The van der Waals surface area contributed by atoms with E-state index in [0.717, 1.165) is 0 Å². The van der Waals surface area contributed by atoms with Crippen molar-refractivity contribution in [2.75, 3.05) is 37.7 Å². The van der Waals surface area contributed by atoms with E-state index in [1.54, 1.807) is 64.4 Å². The predicted octanol–water partition coefficient (Wildman–Crippen LogP) is 3.16. The topological polar surface area (TPSA) is 105 Å². The third kappa shape index (κ3) is 8.38. The molecule has 0 saturated carbocycles. The van der Waals surface area contributed by atoms with Crippen molar-refractivity contribution in [1.82, 2.24) is 10.2 Å². The molecule has 1 N–H and O–H groups in total. The summed E-state index contributed by atoms with van der Waals surface area (Å²) >= 11 is 0. The summed E-state index contributed by atoms with van der Waals surface area (Å²) in [6.07, 6.45) is -0.677. The smallest absolute Gasteiger partial charge is 0.308 e. The average Bonchev–Trinajstić information content (AvgIpc) is 2.99. The van der Waals surface area contributed by atoms with Gasteiger partial charge >= 0.3 is 5.97 Å². The molecule has 0 aliphatic carbocycles. The van der Waals surface area contributed by atoms with E-state index in [0.29, 0.717) is 24.3 Å². The molecule has 1 aliphatic heterocycles. The van der Waals surface area contributed by atoms with Crippen molar-refractivity contribution >= 4 is 29.3 Å². The number of piperazine rings is 1. The number of ketones is 1. The molecule has 0 bridgehead atoms. The molecular formula is C30H27F4N3O6. The minimum atomic E-state index is -1.85. The van der Waals surface area contributed by atoms with Gasteiger partial charge in [-0.25, -0.2) is 8.78 Å². The number of halogens is 4. The van der Waals surface area contributed by atoms with Crippen molar-refractivity contribution in [3.63, 3.8) is 0 Å². The van der Waals surface area contributed by atoms with Crippen LogP contribution in [0.1, 0.15) is 12.0 Å². The fourth-order valence-corrected chi connectivity index (χ4v) is 4.31. The molecule has 0 aromatic heterocycles. The molecule has 1 fully saturated rings. The molecule has 1 aliphatic rings. The number of ether oxygens (including phenoxy) is 2. The second-order valence-electron chi connectivity index (χ2n) is 9.61. The van der Waals surface area contributed by atoms with Gasteiger partial charge in [0.1, 0.15) is 19.3 Å². The molecule has 3 aromatic rings. The molecule has 1 saturated heterocycles. The highest BCUT2D eigenvalue weighted by Crippen LogP contribution is 2.26. The van der Waals surface area contributed by atoms with Crippen LogP contribution in [0.4, 0.5) is 23.2 Å². The van der Waals surface area contributed by atoms with E-state index in [1.807, 2.05) is 6.07 Å². The summed E-state index contributed by atoms with van der Waals surface area (Å²) in [6.45, 7) is -1.03. The van der Waals surface area contributed by atoms with E-state index in [1.165, 1.54) is 0 Å². The van der Waals surface area contributed by atoms with Crippen LogP contribution in [0, 0.1) is 23.3 Å². The first-order valence-electron chi connectivity index (χ1n) is 13.2. The van der Waals surface area contributed by atoms with Crippen LogP contribution in [0.25, 0.3) is 0 Å². The summed E-state index contributed by atoms with van der Waals surface area (Å²) < 4.78 is 65.0. The molecule has 0 radical (unpaired) electrons. The minimum Gasteiger partial charge on any atom is -0.479 e. The number of carbonyl (C=O) groups is 4. The zero-order valence-corrected chi connectivity index (χ0v) is 22.7. The Morgan fingerprint density at radius 3 is 2.14 bits per heavy atom. The molecule has 1 atom stereocenters. The van der Waals surface area contributed by atoms with Gasteiger partial charge in [-0.2, -0.15) is 8.78 Å². The van der Waals surface area contributed by atoms with Crippen molar-refractivity contribution in [3.8, 4) is 5.75 Å². The standard InChI is InChI=1S/C30H27F4N3O6/c31-21-13-22(32)29(34)30(28(21)33)43-18-24(38)23(14-27(41)42-17-19-7-3-1-4-8-19)35-25(39)15-36-11-12-37(26(40)16-36)20-9-5-2-6-10-20/h1-10,13,23H,11-12,14-18H2,(H,35,39)/t23-/m0/s1. The number of para-hydroxylation sites is 1. The first kappa shape index (κ1) is 31.2. The van der Waals surface area contributed by atoms with Crippen molar-refractivity contribution < 1.29 is 46.2 Å². The summed E-state index contributed by atoms with van der Waals surface area (Å²) in [7, 11) is 0. The fourth-order valence-electron chi connectivity index (χ4n) is 4.31. The van der Waals surface area contributed by atoms with Crippen LogP contribution in [-0.4, -0.2) is 67.3 Å². The first-order valence-corrected chi connectivity index (χ1v) is 13.2. The van der Waals surface area contributed by atoms with E-state index >= 15 is 0 Å². The number of nitrogens with zero attached hydrogens (tertiary/aromatic N) is 2. The molecule has 2 amide bonds. The Hall–Kier alpha value is -4.78. The number of esters is 1. The third-order valence-corrected chi connectivity index (χ3v) is 6.50. The molecule has 0 unspecified atom stereocenters. The van der Waals surface area contributed by atoms with Crippen LogP contribution in [-0.2, 0) is 30.5 Å². The molecule has 0 spiro atoms. The fraction of sp³-hybridized carbons (Fsp3) is 0.267. The second-order valence-corrected chi connectivity index (χ2v) is 9.61. The molecule has 43 heavy (non-hydrogen) atoms. The number of benzene rings is 3. The molecule has 226 valence electrons. The maximum atomic E-state index is 14.0. The van der Waals surface area contributed by atoms with Crippen molar-refractivity contribution in [2.24, 2.45) is 0 Å². The van der Waals surface area contributed by atoms with Crippen LogP contribution in [0.3, 0.4) is 0 Å². The minimum absolute atomic E-state index is 0.0183. The van der Waals surface area contributed by atoms with Crippen molar-refractivity contribution in [1.29, 1.82) is 0 Å². The molecule has 1 heterocycles. The second kappa shape index (κ2) is 14.4. The Morgan fingerprint density at radius 1 is 0.884 bits per heavy atom. The van der Waals surface area contributed by atoms with Crippen LogP contribution in [0.2, 0.25) is 0 Å². The highest BCUT2D eigenvalue weighted by molar-refractivity contribution is 5.96. The lowest BCUT2D eigenvalue weighted by Crippen LogP contribution is -2.54. The number of amides is 2. The van der Waals surface area contributed by atoms with Crippen LogP contribution >= 0.6 is 0 Å². The first-order chi connectivity index (χ1) is 20.6. The third-order valence-electron chi connectivity index (χ3n) is 6.50. The largest absolute Gasteiger partial charge is 0.479 e. The number of carbonyl (C=O) groups excluding carboxylic acids is 4. The summed E-state index contributed by atoms with van der Waals surface area (Å²) in [5.41, 5.74) is 1.37. The predicted molar refractivity (Wildman–Crippen MR) is 145 cm³/mol. The van der Waals surface area contributed by atoms with E-state index in [-0.39, 0.29) is 31.7 Å². The van der Waals surface area contributed by atoms with Gasteiger partial charge in [0.15, 0.2) is 23.2 Å². The summed E-state index contributed by atoms with van der Waals surface area (Å²) in [6, 6.07) is 16.0. The van der Waals surface area contributed by atoms with Gasteiger partial charge in [0.05, 0.1) is 19.5 Å². The van der Waals surface area contributed by atoms with Gasteiger partial charge in [-0.1, -0.05) is 48.5 Å². The zero-order valence-electron chi connectivity index (χ0n) is 22.7. The Morgan fingerprint density at radius 2 is 1.51 bits per heavy atom. The Kier molecular flexibility index (Phi) is 10.4. The van der Waals surface area contributed by atoms with Crippen molar-refractivity contribution in [2.45, 2.75) is 19.1 Å². The van der Waals surface area contributed by atoms with Gasteiger partial charge < -0.3 is 19.7 Å². The average molecular weight is 602 g/mol. The Labute approximate surface area is 244 Å². The van der Waals surface area contributed by atoms with Crippen molar-refractivity contribution in [3.05, 3.63) is 95.6 Å². The SMILES string of the molecule is O=C(CN1CCN(c2ccccc2)C(=O)C1)N[C@@H](CC(=O)OCc1ccccc1)C(=O)COc1c(F)c(F)cc(F)c1F. The van der Waals surface area contributed by atoms with E-state index in [2.05, 4.69) is 5.32 Å².